The van der Waals surface area contributed by atoms with Gasteiger partial charge in [0.1, 0.15) is 29.1 Å². The highest BCUT2D eigenvalue weighted by molar-refractivity contribution is 5.87. The first-order valence-corrected chi connectivity index (χ1v) is 11.3. The lowest BCUT2D eigenvalue weighted by Gasteiger charge is -2.23. The third-order valence-corrected chi connectivity index (χ3v) is 6.22. The van der Waals surface area contributed by atoms with Crippen molar-refractivity contribution in [1.29, 1.82) is 0 Å². The number of nitrogens with zero attached hydrogens (tertiary/aromatic N) is 6. The van der Waals surface area contributed by atoms with Gasteiger partial charge < -0.3 is 15.2 Å². The average molecular weight is 487 g/mol. The molecule has 0 spiro atoms. The summed E-state index contributed by atoms with van der Waals surface area (Å²) < 4.78 is 49.4. The fraction of sp³-hybridized carbons (Fsp3) is 0.391. The Hall–Kier alpha value is -3.51. The minimum absolute atomic E-state index is 0.0627. The van der Waals surface area contributed by atoms with Crippen LogP contribution >= 0.6 is 0 Å². The molecule has 1 aliphatic rings. The molecule has 1 saturated heterocycles. The second-order valence-corrected chi connectivity index (χ2v) is 8.41. The standard InChI is InChI=1S/C23H24F3N7O2/c1-13-21(30-31-33(13)16-4-6-27-7-5-16)14-8-18-22(32(12-29-18)23(25)26)19(9-14)35-20(11-34)17-3-2-15(24)10-28-17/h2-3,8-10,12,16,20,23,27,34H,4-7,11H2,1H3. The van der Waals surface area contributed by atoms with Crippen molar-refractivity contribution in [2.24, 2.45) is 0 Å². The number of aliphatic hydroxyl groups excluding tert-OH is 1. The number of halogens is 3. The Morgan fingerprint density at radius 1 is 1.20 bits per heavy atom. The number of fused-ring (bicyclic) bond motifs is 1. The molecule has 5 rings (SSSR count). The van der Waals surface area contributed by atoms with Gasteiger partial charge in [-0.25, -0.2) is 14.1 Å². The number of hydrogen-bond donors (Lipinski definition) is 2. The van der Waals surface area contributed by atoms with Gasteiger partial charge in [0.2, 0.25) is 0 Å². The lowest BCUT2D eigenvalue weighted by atomic mass is 10.1. The molecule has 1 aromatic carbocycles. The number of alkyl halides is 2. The predicted octanol–water partition coefficient (Wildman–Crippen LogP) is 3.57. The fourth-order valence-electron chi connectivity index (χ4n) is 4.44. The van der Waals surface area contributed by atoms with Gasteiger partial charge in [-0.15, -0.1) is 5.10 Å². The van der Waals surface area contributed by atoms with Crippen molar-refractivity contribution in [2.45, 2.75) is 38.5 Å². The number of nitrogens with one attached hydrogen (secondary N) is 1. The first kappa shape index (κ1) is 23.2. The highest BCUT2D eigenvalue weighted by atomic mass is 19.3. The summed E-state index contributed by atoms with van der Waals surface area (Å²) in [6, 6.07) is 6.02. The Bertz CT molecular complexity index is 1320. The van der Waals surface area contributed by atoms with Crippen molar-refractivity contribution < 1.29 is 23.0 Å². The van der Waals surface area contributed by atoms with Crippen LogP contribution in [-0.2, 0) is 0 Å². The highest BCUT2D eigenvalue weighted by Gasteiger charge is 2.24. The van der Waals surface area contributed by atoms with Crippen molar-refractivity contribution in [3.05, 3.63) is 54.0 Å². The van der Waals surface area contributed by atoms with Crippen LogP contribution in [-0.4, -0.2) is 54.3 Å². The zero-order valence-corrected chi connectivity index (χ0v) is 18.9. The van der Waals surface area contributed by atoms with Crippen LogP contribution in [0.1, 0.15) is 42.9 Å². The van der Waals surface area contributed by atoms with Gasteiger partial charge in [-0.3, -0.25) is 9.55 Å². The molecular weight excluding hydrogens is 463 g/mol. The second kappa shape index (κ2) is 9.62. The monoisotopic (exact) mass is 487 g/mol. The first-order valence-electron chi connectivity index (χ1n) is 11.3. The smallest absolute Gasteiger partial charge is 0.320 e. The molecule has 0 saturated carbocycles. The van der Waals surface area contributed by atoms with E-state index in [4.69, 9.17) is 4.74 Å². The van der Waals surface area contributed by atoms with Crippen LogP contribution in [0.3, 0.4) is 0 Å². The third kappa shape index (κ3) is 4.46. The van der Waals surface area contributed by atoms with Crippen molar-refractivity contribution in [3.8, 4) is 17.0 Å². The largest absolute Gasteiger partial charge is 0.479 e. The number of imidazole rings is 1. The normalized spacial score (nSPS) is 15.7. The van der Waals surface area contributed by atoms with Gasteiger partial charge in [-0.05, 0) is 57.1 Å². The Labute approximate surface area is 198 Å². The number of ether oxygens (including phenoxy) is 1. The van der Waals surface area contributed by atoms with Gasteiger partial charge >= 0.3 is 6.55 Å². The molecule has 35 heavy (non-hydrogen) atoms. The molecule has 0 radical (unpaired) electrons. The molecule has 9 nitrogen and oxygen atoms in total. The van der Waals surface area contributed by atoms with Crippen LogP contribution in [0.15, 0.2) is 36.8 Å². The van der Waals surface area contributed by atoms with Gasteiger partial charge in [0, 0.05) is 5.56 Å². The number of piperidine rings is 1. The maximum absolute atomic E-state index is 13.7. The van der Waals surface area contributed by atoms with E-state index < -0.39 is 25.1 Å². The minimum Gasteiger partial charge on any atom is -0.479 e. The van der Waals surface area contributed by atoms with E-state index in [0.29, 0.717) is 15.8 Å². The topological polar surface area (TPSA) is 103 Å². The van der Waals surface area contributed by atoms with Gasteiger partial charge in [0.25, 0.3) is 0 Å². The van der Waals surface area contributed by atoms with Gasteiger partial charge in [0.05, 0.1) is 35.8 Å². The third-order valence-electron chi connectivity index (χ3n) is 6.22. The number of aromatic nitrogens is 6. The van der Waals surface area contributed by atoms with Crippen molar-refractivity contribution in [2.75, 3.05) is 19.7 Å². The molecule has 2 N–H and O–H groups in total. The van der Waals surface area contributed by atoms with Crippen LogP contribution in [0.5, 0.6) is 5.75 Å². The lowest BCUT2D eigenvalue weighted by molar-refractivity contribution is 0.0727. The molecule has 0 aliphatic carbocycles. The summed E-state index contributed by atoms with van der Waals surface area (Å²) in [6.45, 7) is 0.353. The van der Waals surface area contributed by atoms with E-state index >= 15 is 0 Å². The predicted molar refractivity (Wildman–Crippen MR) is 121 cm³/mol. The summed E-state index contributed by atoms with van der Waals surface area (Å²) in [5.74, 6) is -0.478. The van der Waals surface area contributed by atoms with E-state index in [9.17, 15) is 18.3 Å². The van der Waals surface area contributed by atoms with Crippen LogP contribution in [0, 0.1) is 12.7 Å². The van der Waals surface area contributed by atoms with E-state index in [1.54, 1.807) is 12.1 Å². The molecule has 1 aliphatic heterocycles. The zero-order valence-electron chi connectivity index (χ0n) is 18.9. The SMILES string of the molecule is Cc1c(-c2cc(OC(CO)c3ccc(F)cn3)c3c(c2)ncn3C(F)F)nnn1C1CCNCC1. The van der Waals surface area contributed by atoms with Crippen molar-refractivity contribution in [3.63, 3.8) is 0 Å². The molecule has 0 bridgehead atoms. The Kier molecular flexibility index (Phi) is 6.39. The molecule has 1 atom stereocenters. The maximum Gasteiger partial charge on any atom is 0.320 e. The summed E-state index contributed by atoms with van der Waals surface area (Å²) in [7, 11) is 0. The summed E-state index contributed by atoms with van der Waals surface area (Å²) in [4.78, 5) is 8.10. The fourth-order valence-corrected chi connectivity index (χ4v) is 4.44. The Balaban J connectivity index is 1.58. The van der Waals surface area contributed by atoms with Crippen molar-refractivity contribution >= 4 is 11.0 Å². The molecule has 1 fully saturated rings. The number of benzene rings is 1. The summed E-state index contributed by atoms with van der Waals surface area (Å²) >= 11 is 0. The number of aliphatic hydroxyl groups is 1. The van der Waals surface area contributed by atoms with Crippen LogP contribution < -0.4 is 10.1 Å². The molecule has 1 unspecified atom stereocenters. The second-order valence-electron chi connectivity index (χ2n) is 8.41. The summed E-state index contributed by atoms with van der Waals surface area (Å²) in [5, 5.41) is 22.0. The average Bonchev–Trinajstić information content (AvgIpc) is 3.47. The van der Waals surface area contributed by atoms with Crippen LogP contribution in [0.4, 0.5) is 13.2 Å². The number of pyridine rings is 1. The van der Waals surface area contributed by atoms with E-state index in [1.165, 1.54) is 12.1 Å². The number of rotatable bonds is 7. The van der Waals surface area contributed by atoms with Gasteiger partial charge in [-0.1, -0.05) is 5.21 Å². The maximum atomic E-state index is 13.7. The quantitative estimate of drug-likeness (QED) is 0.411. The molecule has 3 aromatic heterocycles. The van der Waals surface area contributed by atoms with Crippen LogP contribution in [0.25, 0.3) is 22.3 Å². The molecular formula is C23H24F3N7O2. The van der Waals surface area contributed by atoms with Crippen LogP contribution in [0.2, 0.25) is 0 Å². The van der Waals surface area contributed by atoms with Gasteiger partial charge in [-0.2, -0.15) is 8.78 Å². The van der Waals surface area contributed by atoms with E-state index in [-0.39, 0.29) is 28.5 Å². The molecule has 12 heteroatoms. The van der Waals surface area contributed by atoms with Crippen molar-refractivity contribution in [1.82, 2.24) is 34.8 Å². The Morgan fingerprint density at radius 2 is 2.00 bits per heavy atom. The highest BCUT2D eigenvalue weighted by Crippen LogP contribution is 2.37. The van der Waals surface area contributed by atoms with E-state index in [0.717, 1.165) is 44.1 Å². The lowest BCUT2D eigenvalue weighted by Crippen LogP contribution is -2.30. The molecule has 184 valence electrons. The zero-order chi connectivity index (χ0) is 24.5. The number of hydrogen-bond acceptors (Lipinski definition) is 7. The first-order chi connectivity index (χ1) is 17.0. The molecule has 0 amide bonds. The summed E-state index contributed by atoms with van der Waals surface area (Å²) in [5.41, 5.74) is 2.61. The van der Waals surface area contributed by atoms with Gasteiger partial charge in [0.15, 0.2) is 6.10 Å². The summed E-state index contributed by atoms with van der Waals surface area (Å²) in [6.07, 6.45) is 2.88. The van der Waals surface area contributed by atoms with E-state index in [1.807, 2.05) is 11.6 Å². The molecule has 4 aromatic rings. The minimum atomic E-state index is -2.85. The molecule has 4 heterocycles. The van der Waals surface area contributed by atoms with E-state index in [2.05, 4.69) is 25.6 Å². The Morgan fingerprint density at radius 3 is 2.69 bits per heavy atom.